The summed E-state index contributed by atoms with van der Waals surface area (Å²) in [6, 6.07) is 7.84. The van der Waals surface area contributed by atoms with Crippen LogP contribution in [0.1, 0.15) is 29.2 Å². The van der Waals surface area contributed by atoms with Gasteiger partial charge in [-0.15, -0.1) is 11.3 Å². The number of hydrogen-bond acceptors (Lipinski definition) is 4. The van der Waals surface area contributed by atoms with Gasteiger partial charge in [0.2, 0.25) is 0 Å². The number of nitrogens with zero attached hydrogens (tertiary/aromatic N) is 2. The number of thiazole rings is 1. The molecule has 0 aliphatic rings. The Kier molecular flexibility index (Phi) is 4.68. The quantitative estimate of drug-likeness (QED) is 0.757. The van der Waals surface area contributed by atoms with Gasteiger partial charge in [-0.25, -0.2) is 4.98 Å². The lowest BCUT2D eigenvalue weighted by Crippen LogP contribution is -2.21. The summed E-state index contributed by atoms with van der Waals surface area (Å²) < 4.78 is 0. The Morgan fingerprint density at radius 3 is 2.42 bits per heavy atom. The summed E-state index contributed by atoms with van der Waals surface area (Å²) in [6.07, 6.45) is 2.12. The molecule has 0 saturated heterocycles. The van der Waals surface area contributed by atoms with Crippen molar-refractivity contribution in [2.45, 2.75) is 20.3 Å². The fourth-order valence-corrected chi connectivity index (χ4v) is 2.64. The minimum Gasteiger partial charge on any atom is -0.372 e. The van der Waals surface area contributed by atoms with E-state index >= 15 is 0 Å². The maximum atomic E-state index is 12.1. The van der Waals surface area contributed by atoms with Crippen LogP contribution in [-0.2, 0) is 6.42 Å². The van der Waals surface area contributed by atoms with Gasteiger partial charge in [0.15, 0.2) is 5.78 Å². The number of Topliss-reactive ketones (excluding diaryl/α,β-unsaturated/α-hetero) is 1. The van der Waals surface area contributed by atoms with Gasteiger partial charge in [0.25, 0.3) is 0 Å². The van der Waals surface area contributed by atoms with E-state index in [4.69, 9.17) is 0 Å². The lowest BCUT2D eigenvalue weighted by Gasteiger charge is -2.20. The topological polar surface area (TPSA) is 33.2 Å². The zero-order chi connectivity index (χ0) is 13.7. The average Bonchev–Trinajstić information content (AvgIpc) is 2.94. The third-order valence-electron chi connectivity index (χ3n) is 3.11. The first-order valence-corrected chi connectivity index (χ1v) is 7.39. The molecular weight excluding hydrogens is 256 g/mol. The van der Waals surface area contributed by atoms with Crippen LogP contribution in [0, 0.1) is 0 Å². The maximum absolute atomic E-state index is 12.1. The number of rotatable bonds is 6. The third kappa shape index (κ3) is 3.41. The molecule has 2 aromatic rings. The van der Waals surface area contributed by atoms with Gasteiger partial charge in [-0.05, 0) is 38.1 Å². The van der Waals surface area contributed by atoms with Gasteiger partial charge >= 0.3 is 0 Å². The molecule has 0 unspecified atom stereocenters. The van der Waals surface area contributed by atoms with Gasteiger partial charge in [0.1, 0.15) is 5.01 Å². The zero-order valence-electron chi connectivity index (χ0n) is 11.3. The summed E-state index contributed by atoms with van der Waals surface area (Å²) in [6.45, 7) is 6.21. The highest BCUT2D eigenvalue weighted by Crippen LogP contribution is 2.16. The molecule has 19 heavy (non-hydrogen) atoms. The van der Waals surface area contributed by atoms with Crippen LogP contribution in [0.2, 0.25) is 0 Å². The number of carbonyl (C=O) groups excluding carboxylic acids is 1. The largest absolute Gasteiger partial charge is 0.372 e. The molecule has 0 saturated carbocycles. The standard InChI is InChI=1S/C15H18N2OS/c1-3-17(4-2)13-7-5-12(6-8-13)14(18)11-15-16-9-10-19-15/h5-10H,3-4,11H2,1-2H3. The molecule has 3 nitrogen and oxygen atoms in total. The number of aromatic nitrogens is 1. The first-order valence-electron chi connectivity index (χ1n) is 6.51. The molecule has 1 aromatic heterocycles. The summed E-state index contributed by atoms with van der Waals surface area (Å²) in [7, 11) is 0. The lowest BCUT2D eigenvalue weighted by atomic mass is 10.1. The van der Waals surface area contributed by atoms with Crippen molar-refractivity contribution in [2.75, 3.05) is 18.0 Å². The predicted molar refractivity (Wildman–Crippen MR) is 80.2 cm³/mol. The first kappa shape index (κ1) is 13.7. The van der Waals surface area contributed by atoms with Gasteiger partial charge in [0, 0.05) is 35.9 Å². The van der Waals surface area contributed by atoms with Crippen molar-refractivity contribution in [2.24, 2.45) is 0 Å². The van der Waals surface area contributed by atoms with E-state index in [2.05, 4.69) is 23.7 Å². The van der Waals surface area contributed by atoms with Crippen LogP contribution in [0.3, 0.4) is 0 Å². The van der Waals surface area contributed by atoms with Crippen LogP contribution in [-0.4, -0.2) is 23.9 Å². The Bertz CT molecular complexity index is 516. The van der Waals surface area contributed by atoms with E-state index in [0.29, 0.717) is 6.42 Å². The third-order valence-corrected chi connectivity index (χ3v) is 3.89. The number of hydrogen-bond donors (Lipinski definition) is 0. The fourth-order valence-electron chi connectivity index (χ4n) is 2.03. The van der Waals surface area contributed by atoms with Crippen molar-refractivity contribution in [1.82, 2.24) is 4.98 Å². The van der Waals surface area contributed by atoms with E-state index in [1.165, 1.54) is 11.3 Å². The highest BCUT2D eigenvalue weighted by molar-refractivity contribution is 7.09. The summed E-state index contributed by atoms with van der Waals surface area (Å²) in [5, 5.41) is 2.77. The molecular formula is C15H18N2OS. The normalized spacial score (nSPS) is 10.4. The number of carbonyl (C=O) groups is 1. The second-order valence-electron chi connectivity index (χ2n) is 4.24. The molecule has 0 atom stereocenters. The summed E-state index contributed by atoms with van der Waals surface area (Å²) in [5.74, 6) is 0.126. The first-order chi connectivity index (χ1) is 9.24. The molecule has 0 fully saturated rings. The van der Waals surface area contributed by atoms with E-state index in [9.17, 15) is 4.79 Å². The minimum absolute atomic E-state index is 0.126. The van der Waals surface area contributed by atoms with Crippen LogP contribution in [0.5, 0.6) is 0 Å². The second-order valence-corrected chi connectivity index (χ2v) is 5.22. The highest BCUT2D eigenvalue weighted by atomic mass is 32.1. The minimum atomic E-state index is 0.126. The van der Waals surface area contributed by atoms with Crippen LogP contribution in [0.25, 0.3) is 0 Å². The van der Waals surface area contributed by atoms with Crippen LogP contribution < -0.4 is 4.90 Å². The maximum Gasteiger partial charge on any atom is 0.169 e. The Hall–Kier alpha value is -1.68. The smallest absolute Gasteiger partial charge is 0.169 e. The van der Waals surface area contributed by atoms with Crippen molar-refractivity contribution in [1.29, 1.82) is 0 Å². The van der Waals surface area contributed by atoms with Crippen molar-refractivity contribution < 1.29 is 4.79 Å². The van der Waals surface area contributed by atoms with E-state index in [0.717, 1.165) is 29.3 Å². The molecule has 0 aliphatic heterocycles. The SMILES string of the molecule is CCN(CC)c1ccc(C(=O)Cc2nccs2)cc1. The molecule has 1 aromatic carbocycles. The molecule has 4 heteroatoms. The van der Waals surface area contributed by atoms with Gasteiger partial charge in [-0.1, -0.05) is 0 Å². The van der Waals surface area contributed by atoms with E-state index in [1.807, 2.05) is 29.6 Å². The highest BCUT2D eigenvalue weighted by Gasteiger charge is 2.09. The molecule has 0 N–H and O–H groups in total. The van der Waals surface area contributed by atoms with E-state index in [1.54, 1.807) is 6.20 Å². The monoisotopic (exact) mass is 274 g/mol. The van der Waals surface area contributed by atoms with Crippen molar-refractivity contribution in [3.63, 3.8) is 0 Å². The summed E-state index contributed by atoms with van der Waals surface area (Å²) in [4.78, 5) is 18.5. The lowest BCUT2D eigenvalue weighted by molar-refractivity contribution is 0.0993. The molecule has 0 spiro atoms. The average molecular weight is 274 g/mol. The Labute approximate surface area is 117 Å². The predicted octanol–water partition coefficient (Wildman–Crippen LogP) is 3.41. The van der Waals surface area contributed by atoms with Crippen LogP contribution in [0.4, 0.5) is 5.69 Å². The van der Waals surface area contributed by atoms with Crippen molar-refractivity contribution >= 4 is 22.8 Å². The van der Waals surface area contributed by atoms with E-state index < -0.39 is 0 Å². The Morgan fingerprint density at radius 1 is 1.21 bits per heavy atom. The molecule has 0 bridgehead atoms. The molecule has 0 aliphatic carbocycles. The molecule has 0 radical (unpaired) electrons. The van der Waals surface area contributed by atoms with Crippen molar-refractivity contribution in [3.05, 3.63) is 46.4 Å². The van der Waals surface area contributed by atoms with Crippen LogP contribution in [0.15, 0.2) is 35.8 Å². The molecule has 1 heterocycles. The number of benzene rings is 1. The summed E-state index contributed by atoms with van der Waals surface area (Å²) >= 11 is 1.52. The Morgan fingerprint density at radius 2 is 1.89 bits per heavy atom. The van der Waals surface area contributed by atoms with Gasteiger partial charge in [-0.2, -0.15) is 0 Å². The number of ketones is 1. The second kappa shape index (κ2) is 6.48. The van der Waals surface area contributed by atoms with Gasteiger partial charge in [-0.3, -0.25) is 4.79 Å². The summed E-state index contributed by atoms with van der Waals surface area (Å²) in [5.41, 5.74) is 1.92. The Balaban J connectivity index is 2.07. The van der Waals surface area contributed by atoms with Gasteiger partial charge < -0.3 is 4.90 Å². The molecule has 2 rings (SSSR count). The van der Waals surface area contributed by atoms with Gasteiger partial charge in [0.05, 0.1) is 6.42 Å². The zero-order valence-corrected chi connectivity index (χ0v) is 12.1. The van der Waals surface area contributed by atoms with Crippen LogP contribution >= 0.6 is 11.3 Å². The molecule has 100 valence electrons. The fraction of sp³-hybridized carbons (Fsp3) is 0.333. The number of anilines is 1. The van der Waals surface area contributed by atoms with E-state index in [-0.39, 0.29) is 5.78 Å². The van der Waals surface area contributed by atoms with Crippen molar-refractivity contribution in [3.8, 4) is 0 Å². The molecule has 0 amide bonds.